The van der Waals surface area contributed by atoms with E-state index in [0.29, 0.717) is 26.4 Å². The number of halogens is 1. The van der Waals surface area contributed by atoms with E-state index in [1.54, 1.807) is 7.11 Å². The number of nitrogens with one attached hydrogen (secondary N) is 2. The van der Waals surface area contributed by atoms with Gasteiger partial charge in [0.15, 0.2) is 11.8 Å². The number of rotatable bonds is 12. The van der Waals surface area contributed by atoms with Crippen molar-refractivity contribution in [2.75, 3.05) is 40.0 Å². The first-order valence-electron chi connectivity index (χ1n) is 8.62. The average molecular weight is 468 g/mol. The number of ether oxygens (including phenoxy) is 2. The van der Waals surface area contributed by atoms with E-state index in [1.807, 2.05) is 18.5 Å². The van der Waals surface area contributed by atoms with Gasteiger partial charge in [0, 0.05) is 33.9 Å². The summed E-state index contributed by atoms with van der Waals surface area (Å²) in [5.74, 6) is 2.55. The maximum Gasteiger partial charge on any atom is 0.191 e. The van der Waals surface area contributed by atoms with Crippen molar-refractivity contribution in [1.29, 1.82) is 0 Å². The van der Waals surface area contributed by atoms with Crippen LogP contribution in [0.4, 0.5) is 0 Å². The van der Waals surface area contributed by atoms with Gasteiger partial charge in [0.05, 0.1) is 13.2 Å². The minimum atomic E-state index is 0. The normalized spacial score (nSPS) is 11.3. The first-order valence-corrected chi connectivity index (χ1v) is 8.62. The molecule has 2 N–H and O–H groups in total. The van der Waals surface area contributed by atoms with Crippen LogP contribution >= 0.6 is 24.0 Å². The Morgan fingerprint density at radius 1 is 1.12 bits per heavy atom. The molecule has 0 aliphatic carbocycles. The molecule has 0 bridgehead atoms. The monoisotopic (exact) mass is 468 g/mol. The highest BCUT2D eigenvalue weighted by atomic mass is 127. The molecule has 1 aromatic rings. The zero-order valence-corrected chi connectivity index (χ0v) is 18.2. The largest absolute Gasteiger partial charge is 0.382 e. The molecule has 0 aromatic carbocycles. The maximum atomic E-state index is 5.46. The Morgan fingerprint density at radius 2 is 1.84 bits per heavy atom. The van der Waals surface area contributed by atoms with Crippen LogP contribution in [-0.2, 0) is 23.1 Å². The number of unbranched alkanes of at least 4 members (excludes halogenated alkanes) is 1. The van der Waals surface area contributed by atoms with Crippen molar-refractivity contribution < 1.29 is 9.47 Å². The molecule has 0 aliphatic rings. The summed E-state index contributed by atoms with van der Waals surface area (Å²) in [4.78, 5) is 4.60. The summed E-state index contributed by atoms with van der Waals surface area (Å²) >= 11 is 0. The van der Waals surface area contributed by atoms with Gasteiger partial charge in [-0.05, 0) is 19.8 Å². The number of hydrogen-bond donors (Lipinski definition) is 2. The molecule has 0 aliphatic heterocycles. The summed E-state index contributed by atoms with van der Waals surface area (Å²) in [5, 5.41) is 14.9. The Hall–Kier alpha value is -0.940. The second-order valence-corrected chi connectivity index (χ2v) is 5.55. The molecule has 9 heteroatoms. The molecule has 0 spiro atoms. The SMILES string of the molecule is CCCCNC(=NCc1nnc(C)n1C)NCCCOCCOC.I. The van der Waals surface area contributed by atoms with Gasteiger partial charge in [-0.3, -0.25) is 0 Å². The molecule has 0 fully saturated rings. The van der Waals surface area contributed by atoms with Crippen molar-refractivity contribution in [1.82, 2.24) is 25.4 Å². The summed E-state index contributed by atoms with van der Waals surface area (Å²) in [6.45, 7) is 8.30. The van der Waals surface area contributed by atoms with Gasteiger partial charge in [0.25, 0.3) is 0 Å². The number of guanidine groups is 1. The van der Waals surface area contributed by atoms with Crippen LogP contribution in [0.15, 0.2) is 4.99 Å². The van der Waals surface area contributed by atoms with Crippen LogP contribution in [0, 0.1) is 6.92 Å². The molecule has 0 atom stereocenters. The molecule has 25 heavy (non-hydrogen) atoms. The summed E-state index contributed by atoms with van der Waals surface area (Å²) in [5.41, 5.74) is 0. The molecule has 1 heterocycles. The third-order valence-corrected chi connectivity index (χ3v) is 3.57. The fourth-order valence-corrected chi connectivity index (χ4v) is 1.92. The van der Waals surface area contributed by atoms with Gasteiger partial charge >= 0.3 is 0 Å². The van der Waals surface area contributed by atoms with Crippen molar-refractivity contribution >= 4 is 29.9 Å². The molecule has 0 unspecified atom stereocenters. The van der Waals surface area contributed by atoms with Gasteiger partial charge in [-0.2, -0.15) is 0 Å². The predicted molar refractivity (Wildman–Crippen MR) is 111 cm³/mol. The number of aryl methyl sites for hydroxylation is 1. The zero-order valence-electron chi connectivity index (χ0n) is 15.9. The second-order valence-electron chi connectivity index (χ2n) is 5.55. The Kier molecular flexibility index (Phi) is 14.7. The smallest absolute Gasteiger partial charge is 0.191 e. The zero-order chi connectivity index (χ0) is 17.6. The topological polar surface area (TPSA) is 85.6 Å². The molecule has 0 amide bonds. The molecule has 0 saturated heterocycles. The highest BCUT2D eigenvalue weighted by Gasteiger charge is 2.05. The van der Waals surface area contributed by atoms with Gasteiger partial charge in [0.1, 0.15) is 12.4 Å². The lowest BCUT2D eigenvalue weighted by Gasteiger charge is -2.12. The van der Waals surface area contributed by atoms with E-state index in [0.717, 1.165) is 50.0 Å². The molecule has 8 nitrogen and oxygen atoms in total. The standard InChI is InChI=1S/C16H32N6O2.HI/c1-5-6-8-17-16(18-9-7-10-24-12-11-23-4)19-13-15-21-20-14(2)22(15)3;/h5-13H2,1-4H3,(H2,17,18,19);1H. The van der Waals surface area contributed by atoms with Crippen LogP contribution in [0.1, 0.15) is 37.8 Å². The number of aromatic nitrogens is 3. The Morgan fingerprint density at radius 3 is 2.44 bits per heavy atom. The van der Waals surface area contributed by atoms with E-state index in [4.69, 9.17) is 9.47 Å². The molecule has 1 aromatic heterocycles. The average Bonchev–Trinajstić information content (AvgIpc) is 2.90. The summed E-state index contributed by atoms with van der Waals surface area (Å²) in [6, 6.07) is 0. The predicted octanol–water partition coefficient (Wildman–Crippen LogP) is 1.63. The summed E-state index contributed by atoms with van der Waals surface area (Å²) in [6.07, 6.45) is 3.18. The minimum Gasteiger partial charge on any atom is -0.382 e. The fraction of sp³-hybridized carbons (Fsp3) is 0.812. The van der Waals surface area contributed by atoms with E-state index in [-0.39, 0.29) is 24.0 Å². The maximum absolute atomic E-state index is 5.46. The van der Waals surface area contributed by atoms with Crippen molar-refractivity contribution in [3.8, 4) is 0 Å². The molecular formula is C16H33IN6O2. The van der Waals surface area contributed by atoms with Crippen molar-refractivity contribution in [2.24, 2.45) is 12.0 Å². The first kappa shape index (κ1) is 24.1. The number of nitrogens with zero attached hydrogens (tertiary/aromatic N) is 4. The molecule has 1 rings (SSSR count). The first-order chi connectivity index (χ1) is 11.7. The fourth-order valence-electron chi connectivity index (χ4n) is 1.92. The highest BCUT2D eigenvalue weighted by molar-refractivity contribution is 14.0. The number of methoxy groups -OCH3 is 1. The van der Waals surface area contributed by atoms with E-state index in [2.05, 4.69) is 32.7 Å². The summed E-state index contributed by atoms with van der Waals surface area (Å²) in [7, 11) is 3.63. The van der Waals surface area contributed by atoms with Gasteiger partial charge in [0.2, 0.25) is 0 Å². The van der Waals surface area contributed by atoms with Crippen molar-refractivity contribution in [2.45, 2.75) is 39.7 Å². The third kappa shape index (κ3) is 10.6. The number of hydrogen-bond acceptors (Lipinski definition) is 5. The van der Waals surface area contributed by atoms with Gasteiger partial charge in [-0.1, -0.05) is 13.3 Å². The van der Waals surface area contributed by atoms with E-state index in [9.17, 15) is 0 Å². The number of aliphatic imine (C=N–C) groups is 1. The lowest BCUT2D eigenvalue weighted by Crippen LogP contribution is -2.38. The van der Waals surface area contributed by atoms with Crippen molar-refractivity contribution in [3.63, 3.8) is 0 Å². The van der Waals surface area contributed by atoms with Crippen LogP contribution in [-0.4, -0.2) is 60.7 Å². The quantitative estimate of drug-likeness (QED) is 0.210. The van der Waals surface area contributed by atoms with Crippen LogP contribution in [0.2, 0.25) is 0 Å². The molecule has 0 saturated carbocycles. The summed E-state index contributed by atoms with van der Waals surface area (Å²) < 4.78 is 12.4. The van der Waals surface area contributed by atoms with Crippen LogP contribution in [0.5, 0.6) is 0 Å². The van der Waals surface area contributed by atoms with E-state index in [1.165, 1.54) is 0 Å². The van der Waals surface area contributed by atoms with Crippen molar-refractivity contribution in [3.05, 3.63) is 11.6 Å². The highest BCUT2D eigenvalue weighted by Crippen LogP contribution is 1.99. The van der Waals surface area contributed by atoms with Crippen LogP contribution < -0.4 is 10.6 Å². The molecular weight excluding hydrogens is 435 g/mol. The minimum absolute atomic E-state index is 0. The Bertz CT molecular complexity index is 481. The van der Waals surface area contributed by atoms with Gasteiger partial charge < -0.3 is 24.7 Å². The van der Waals surface area contributed by atoms with E-state index >= 15 is 0 Å². The Labute approximate surface area is 168 Å². The van der Waals surface area contributed by atoms with Gasteiger partial charge in [-0.15, -0.1) is 34.2 Å². The Balaban J connectivity index is 0.00000576. The van der Waals surface area contributed by atoms with E-state index < -0.39 is 0 Å². The molecule has 0 radical (unpaired) electrons. The van der Waals surface area contributed by atoms with Crippen LogP contribution in [0.25, 0.3) is 0 Å². The lowest BCUT2D eigenvalue weighted by molar-refractivity contribution is 0.0698. The van der Waals surface area contributed by atoms with Gasteiger partial charge in [-0.25, -0.2) is 4.99 Å². The molecule has 146 valence electrons. The lowest BCUT2D eigenvalue weighted by atomic mass is 10.3. The third-order valence-electron chi connectivity index (χ3n) is 3.57. The second kappa shape index (κ2) is 15.3. The van der Waals surface area contributed by atoms with Crippen LogP contribution in [0.3, 0.4) is 0 Å².